The van der Waals surface area contributed by atoms with Gasteiger partial charge in [-0.3, -0.25) is 4.79 Å². The van der Waals surface area contributed by atoms with Crippen LogP contribution in [0, 0.1) is 0 Å². The van der Waals surface area contributed by atoms with Crippen molar-refractivity contribution in [1.82, 2.24) is 35.4 Å². The maximum absolute atomic E-state index is 11.8. The number of aromatic nitrogens is 7. The van der Waals surface area contributed by atoms with E-state index in [1.807, 2.05) is 35.9 Å². The molecule has 0 fully saturated rings. The first kappa shape index (κ1) is 23.3. The molecule has 0 spiro atoms. The summed E-state index contributed by atoms with van der Waals surface area (Å²) in [4.78, 5) is 16.5. The molecule has 176 valence electrons. The SMILES string of the molecule is CCCC(C(=O)O)c1nc(C(C)(C)C)n(Cc2ccc(-c3ccccc3-c3nnn[nH]3)cc2)n1. The predicted octanol–water partition coefficient (Wildman–Crippen LogP) is 4.44. The van der Waals surface area contributed by atoms with Gasteiger partial charge in [0.25, 0.3) is 0 Å². The molecule has 0 bridgehead atoms. The standard InChI is InChI=1S/C25H29N7O2/c1-5-8-20(23(33)34)21-26-24(25(2,3)4)32(29-21)15-16-11-13-17(14-12-16)18-9-6-7-10-19(18)22-27-30-31-28-22/h6-7,9-14,20H,5,8,15H2,1-4H3,(H,33,34)(H,27,28,30,31). The van der Waals surface area contributed by atoms with E-state index in [4.69, 9.17) is 0 Å². The van der Waals surface area contributed by atoms with E-state index >= 15 is 0 Å². The monoisotopic (exact) mass is 459 g/mol. The highest BCUT2D eigenvalue weighted by molar-refractivity contribution is 5.80. The number of H-pyrrole nitrogens is 1. The third kappa shape index (κ3) is 4.88. The van der Waals surface area contributed by atoms with Gasteiger partial charge in [-0.05, 0) is 33.5 Å². The van der Waals surface area contributed by atoms with Gasteiger partial charge in [0, 0.05) is 11.0 Å². The van der Waals surface area contributed by atoms with Crippen molar-refractivity contribution < 1.29 is 9.90 Å². The number of aliphatic carboxylic acids is 1. The Morgan fingerprint density at radius 3 is 2.38 bits per heavy atom. The van der Waals surface area contributed by atoms with Crippen molar-refractivity contribution in [2.45, 2.75) is 58.4 Å². The zero-order valence-electron chi connectivity index (χ0n) is 19.9. The number of nitrogens with zero attached hydrogens (tertiary/aromatic N) is 6. The largest absolute Gasteiger partial charge is 0.481 e. The third-order valence-corrected chi connectivity index (χ3v) is 5.67. The predicted molar refractivity (Wildman–Crippen MR) is 128 cm³/mol. The molecule has 0 saturated carbocycles. The Hall–Kier alpha value is -3.88. The van der Waals surface area contributed by atoms with Crippen molar-refractivity contribution in [2.75, 3.05) is 0 Å². The fourth-order valence-corrected chi connectivity index (χ4v) is 4.00. The van der Waals surface area contributed by atoms with Crippen LogP contribution in [0.1, 0.15) is 63.7 Å². The van der Waals surface area contributed by atoms with Crippen molar-refractivity contribution in [1.29, 1.82) is 0 Å². The zero-order chi connectivity index (χ0) is 24.3. The molecule has 2 N–H and O–H groups in total. The summed E-state index contributed by atoms with van der Waals surface area (Å²) in [6.45, 7) is 8.66. The molecule has 0 aliphatic heterocycles. The van der Waals surface area contributed by atoms with Crippen molar-refractivity contribution >= 4 is 5.97 Å². The van der Waals surface area contributed by atoms with E-state index in [1.54, 1.807) is 0 Å². The van der Waals surface area contributed by atoms with Gasteiger partial charge in [0.2, 0.25) is 0 Å². The summed E-state index contributed by atoms with van der Waals surface area (Å²) < 4.78 is 1.84. The average molecular weight is 460 g/mol. The molecule has 4 aromatic rings. The van der Waals surface area contributed by atoms with E-state index in [1.165, 1.54) is 0 Å². The number of carbonyl (C=O) groups is 1. The first-order valence-corrected chi connectivity index (χ1v) is 11.4. The van der Waals surface area contributed by atoms with Gasteiger partial charge in [0.1, 0.15) is 11.7 Å². The summed E-state index contributed by atoms with van der Waals surface area (Å²) >= 11 is 0. The lowest BCUT2D eigenvalue weighted by atomic mass is 9.95. The molecular weight excluding hydrogens is 430 g/mol. The number of nitrogens with one attached hydrogen (secondary N) is 1. The van der Waals surface area contributed by atoms with E-state index in [-0.39, 0.29) is 5.41 Å². The fraction of sp³-hybridized carbons (Fsp3) is 0.360. The highest BCUT2D eigenvalue weighted by atomic mass is 16.4. The Bertz CT molecular complexity index is 1260. The number of hydrogen-bond acceptors (Lipinski definition) is 6. The van der Waals surface area contributed by atoms with E-state index in [0.29, 0.717) is 24.6 Å². The molecule has 4 rings (SSSR count). The highest BCUT2D eigenvalue weighted by Crippen LogP contribution is 2.30. The van der Waals surface area contributed by atoms with E-state index in [9.17, 15) is 9.90 Å². The highest BCUT2D eigenvalue weighted by Gasteiger charge is 2.29. The molecule has 34 heavy (non-hydrogen) atoms. The number of carboxylic acids is 1. The molecule has 2 heterocycles. The minimum atomic E-state index is -0.885. The molecule has 0 saturated heterocycles. The van der Waals surface area contributed by atoms with Gasteiger partial charge < -0.3 is 5.11 Å². The minimum absolute atomic E-state index is 0.273. The number of aromatic amines is 1. The number of benzene rings is 2. The molecule has 1 unspecified atom stereocenters. The molecule has 9 heteroatoms. The van der Waals surface area contributed by atoms with Gasteiger partial charge in [-0.2, -0.15) is 5.10 Å². The molecule has 0 amide bonds. The quantitative estimate of drug-likeness (QED) is 0.399. The summed E-state index contributed by atoms with van der Waals surface area (Å²) in [7, 11) is 0. The molecular formula is C25H29N7O2. The second-order valence-electron chi connectivity index (χ2n) is 9.37. The van der Waals surface area contributed by atoms with Crippen LogP contribution in [0.25, 0.3) is 22.5 Å². The van der Waals surface area contributed by atoms with Crippen LogP contribution in [0.5, 0.6) is 0 Å². The smallest absolute Gasteiger partial charge is 0.314 e. The second-order valence-corrected chi connectivity index (χ2v) is 9.37. The summed E-state index contributed by atoms with van der Waals surface area (Å²) in [6, 6.07) is 16.2. The molecule has 0 aliphatic rings. The fourth-order valence-electron chi connectivity index (χ4n) is 4.00. The summed E-state index contributed by atoms with van der Waals surface area (Å²) in [5.74, 6) is 0.188. The van der Waals surface area contributed by atoms with E-state index in [0.717, 1.165) is 34.5 Å². The normalized spacial score (nSPS) is 12.6. The van der Waals surface area contributed by atoms with Crippen LogP contribution in [0.3, 0.4) is 0 Å². The molecule has 9 nitrogen and oxygen atoms in total. The molecule has 1 atom stereocenters. The topological polar surface area (TPSA) is 122 Å². The maximum Gasteiger partial charge on any atom is 0.314 e. The number of hydrogen-bond donors (Lipinski definition) is 2. The zero-order valence-corrected chi connectivity index (χ0v) is 19.9. The Balaban J connectivity index is 1.64. The lowest BCUT2D eigenvalue weighted by Gasteiger charge is -2.18. The van der Waals surface area contributed by atoms with Crippen LogP contribution in [0.15, 0.2) is 48.5 Å². The Morgan fingerprint density at radius 2 is 1.79 bits per heavy atom. The van der Waals surface area contributed by atoms with Crippen LogP contribution < -0.4 is 0 Å². The maximum atomic E-state index is 11.8. The Morgan fingerprint density at radius 1 is 1.09 bits per heavy atom. The first-order valence-electron chi connectivity index (χ1n) is 11.4. The minimum Gasteiger partial charge on any atom is -0.481 e. The van der Waals surface area contributed by atoms with Gasteiger partial charge in [-0.15, -0.1) is 5.10 Å². The summed E-state index contributed by atoms with van der Waals surface area (Å²) in [6.07, 6.45) is 1.27. The van der Waals surface area contributed by atoms with Crippen LogP contribution in [-0.4, -0.2) is 46.5 Å². The third-order valence-electron chi connectivity index (χ3n) is 5.67. The molecule has 0 radical (unpaired) electrons. The van der Waals surface area contributed by atoms with Crippen molar-refractivity contribution in [2.24, 2.45) is 0 Å². The Labute approximate surface area is 198 Å². The average Bonchev–Trinajstić information content (AvgIpc) is 3.48. The van der Waals surface area contributed by atoms with Crippen molar-refractivity contribution in [3.8, 4) is 22.5 Å². The lowest BCUT2D eigenvalue weighted by molar-refractivity contribution is -0.139. The van der Waals surface area contributed by atoms with Crippen LogP contribution >= 0.6 is 0 Å². The summed E-state index contributed by atoms with van der Waals surface area (Å²) in [5, 5.41) is 28.6. The Kier molecular flexibility index (Phi) is 6.54. The van der Waals surface area contributed by atoms with Crippen molar-refractivity contribution in [3.05, 3.63) is 65.7 Å². The lowest BCUT2D eigenvalue weighted by Crippen LogP contribution is -2.20. The number of rotatable bonds is 8. The first-order chi connectivity index (χ1) is 16.3. The second kappa shape index (κ2) is 9.54. The number of carboxylic acid groups (broad SMARTS) is 1. The van der Waals surface area contributed by atoms with Crippen LogP contribution in [0.2, 0.25) is 0 Å². The molecule has 2 aromatic carbocycles. The van der Waals surface area contributed by atoms with Gasteiger partial charge in [0.05, 0.1) is 6.54 Å². The van der Waals surface area contributed by atoms with Gasteiger partial charge in [-0.1, -0.05) is 82.6 Å². The van der Waals surface area contributed by atoms with Gasteiger partial charge in [0.15, 0.2) is 11.6 Å². The van der Waals surface area contributed by atoms with Crippen LogP contribution in [0.4, 0.5) is 0 Å². The molecule has 2 aromatic heterocycles. The number of tetrazole rings is 1. The van der Waals surface area contributed by atoms with Gasteiger partial charge >= 0.3 is 5.97 Å². The van der Waals surface area contributed by atoms with E-state index < -0.39 is 11.9 Å². The van der Waals surface area contributed by atoms with Gasteiger partial charge in [-0.25, -0.2) is 14.8 Å². The van der Waals surface area contributed by atoms with Crippen molar-refractivity contribution in [3.63, 3.8) is 0 Å². The van der Waals surface area contributed by atoms with E-state index in [2.05, 4.69) is 75.7 Å². The molecule has 0 aliphatic carbocycles. The summed E-state index contributed by atoms with van der Waals surface area (Å²) in [5.41, 5.74) is 3.76. The van der Waals surface area contributed by atoms with Crippen LogP contribution in [-0.2, 0) is 16.8 Å².